The van der Waals surface area contributed by atoms with Crippen molar-refractivity contribution in [2.75, 3.05) is 25.6 Å². The Morgan fingerprint density at radius 1 is 1.08 bits per heavy atom. The maximum Gasteiger partial charge on any atom is 0.137 e. The Hall–Kier alpha value is -2.50. The fourth-order valence-corrected chi connectivity index (χ4v) is 3.04. The zero-order chi connectivity index (χ0) is 17.8. The second-order valence-corrected chi connectivity index (χ2v) is 6.74. The molecule has 2 aromatic carbocycles. The molecule has 26 heavy (non-hydrogen) atoms. The largest absolute Gasteiger partial charge is 0.383 e. The van der Waals surface area contributed by atoms with Crippen LogP contribution in [-0.2, 0) is 11.3 Å². The minimum atomic E-state index is 0.568. The van der Waals surface area contributed by atoms with Gasteiger partial charge in [0, 0.05) is 31.6 Å². The van der Waals surface area contributed by atoms with Gasteiger partial charge in [0.05, 0.1) is 12.1 Å². The second kappa shape index (κ2) is 7.81. The van der Waals surface area contributed by atoms with Gasteiger partial charge in [-0.3, -0.25) is 0 Å². The highest BCUT2D eigenvalue weighted by atomic mass is 16.5. The van der Waals surface area contributed by atoms with Crippen molar-refractivity contribution in [2.24, 2.45) is 0 Å². The molecule has 0 atom stereocenters. The van der Waals surface area contributed by atoms with Gasteiger partial charge in [-0.05, 0) is 47.7 Å². The molecule has 1 fully saturated rings. The predicted molar refractivity (Wildman–Crippen MR) is 105 cm³/mol. The predicted octanol–water partition coefficient (Wildman–Crippen LogP) is 3.61. The number of aromatic nitrogens is 2. The molecule has 5 heteroatoms. The van der Waals surface area contributed by atoms with Crippen LogP contribution in [-0.4, -0.2) is 36.3 Å². The summed E-state index contributed by atoms with van der Waals surface area (Å²) in [5, 5.41) is 7.99. The molecular weight excluding hydrogens is 324 g/mol. The molecule has 1 aromatic heterocycles. The number of anilines is 1. The molecule has 134 valence electrons. The van der Waals surface area contributed by atoms with Gasteiger partial charge in [-0.1, -0.05) is 24.3 Å². The molecular formula is C21H24N4O. The number of methoxy groups -OCH3 is 1. The lowest BCUT2D eigenvalue weighted by molar-refractivity contribution is 0.199. The number of hydrogen-bond acceptors (Lipinski definition) is 5. The smallest absolute Gasteiger partial charge is 0.137 e. The van der Waals surface area contributed by atoms with Gasteiger partial charge < -0.3 is 15.4 Å². The molecule has 5 nitrogen and oxygen atoms in total. The number of rotatable bonds is 8. The Bertz CT molecular complexity index is 892. The van der Waals surface area contributed by atoms with Crippen LogP contribution in [0.1, 0.15) is 18.4 Å². The summed E-state index contributed by atoms with van der Waals surface area (Å²) in [6, 6.07) is 15.6. The summed E-state index contributed by atoms with van der Waals surface area (Å²) in [5.41, 5.74) is 4.63. The Kier molecular flexibility index (Phi) is 5.09. The molecule has 2 N–H and O–H groups in total. The first-order valence-electron chi connectivity index (χ1n) is 9.14. The lowest BCUT2D eigenvalue weighted by Gasteiger charge is -2.10. The van der Waals surface area contributed by atoms with Gasteiger partial charge in [0.2, 0.25) is 0 Å². The van der Waals surface area contributed by atoms with E-state index >= 15 is 0 Å². The maximum atomic E-state index is 5.08. The minimum absolute atomic E-state index is 0.568. The molecule has 3 aromatic rings. The molecule has 0 saturated heterocycles. The normalized spacial score (nSPS) is 13.9. The van der Waals surface area contributed by atoms with Gasteiger partial charge in [0.25, 0.3) is 0 Å². The van der Waals surface area contributed by atoms with Crippen LogP contribution in [0.5, 0.6) is 0 Å². The van der Waals surface area contributed by atoms with Crippen LogP contribution in [0.3, 0.4) is 0 Å². The third-order valence-electron chi connectivity index (χ3n) is 4.63. The van der Waals surface area contributed by atoms with E-state index in [9.17, 15) is 0 Å². The number of ether oxygens (including phenoxy) is 1. The standard InChI is InChI=1S/C21H24N4O/c1-26-10-9-22-13-15-3-2-4-16(11-15)17-5-8-20-19(12-17)21(24-14-23-20)25-18-6-7-18/h2-5,8,11-12,14,18,22H,6-7,9-10,13H2,1H3,(H,23,24,25). The number of hydrogen-bond donors (Lipinski definition) is 2. The Morgan fingerprint density at radius 3 is 2.81 bits per heavy atom. The molecule has 1 heterocycles. The summed E-state index contributed by atoms with van der Waals surface area (Å²) in [5.74, 6) is 0.941. The third kappa shape index (κ3) is 4.00. The first-order valence-corrected chi connectivity index (χ1v) is 9.14. The van der Waals surface area contributed by atoms with E-state index in [2.05, 4.69) is 63.1 Å². The van der Waals surface area contributed by atoms with E-state index in [0.717, 1.165) is 36.4 Å². The minimum Gasteiger partial charge on any atom is -0.383 e. The molecule has 0 aliphatic heterocycles. The number of nitrogens with one attached hydrogen (secondary N) is 2. The van der Waals surface area contributed by atoms with Crippen molar-refractivity contribution < 1.29 is 4.74 Å². The Morgan fingerprint density at radius 2 is 1.96 bits per heavy atom. The van der Waals surface area contributed by atoms with Crippen LogP contribution in [0, 0.1) is 0 Å². The molecule has 4 rings (SSSR count). The highest BCUT2D eigenvalue weighted by Crippen LogP contribution is 2.30. The van der Waals surface area contributed by atoms with Crippen LogP contribution in [0.2, 0.25) is 0 Å². The summed E-state index contributed by atoms with van der Waals surface area (Å²) in [6.45, 7) is 2.41. The lowest BCUT2D eigenvalue weighted by Crippen LogP contribution is -2.18. The molecule has 0 radical (unpaired) electrons. The lowest BCUT2D eigenvalue weighted by atomic mass is 10.0. The first-order chi connectivity index (χ1) is 12.8. The first kappa shape index (κ1) is 16.9. The molecule has 0 unspecified atom stereocenters. The SMILES string of the molecule is COCCNCc1cccc(-c2ccc3ncnc(NC4CC4)c3c2)c1. The van der Waals surface area contributed by atoms with Crippen molar-refractivity contribution in [2.45, 2.75) is 25.4 Å². The molecule has 1 aliphatic rings. The number of benzene rings is 2. The van der Waals surface area contributed by atoms with E-state index in [-0.39, 0.29) is 0 Å². The number of nitrogens with zero attached hydrogens (tertiary/aromatic N) is 2. The van der Waals surface area contributed by atoms with Gasteiger partial charge in [-0.2, -0.15) is 0 Å². The van der Waals surface area contributed by atoms with Crippen molar-refractivity contribution in [3.63, 3.8) is 0 Å². The zero-order valence-electron chi connectivity index (χ0n) is 15.0. The molecule has 0 amide bonds. The van der Waals surface area contributed by atoms with E-state index in [1.54, 1.807) is 13.4 Å². The topological polar surface area (TPSA) is 59.1 Å². The van der Waals surface area contributed by atoms with Crippen LogP contribution in [0.15, 0.2) is 48.8 Å². The van der Waals surface area contributed by atoms with E-state index < -0.39 is 0 Å². The highest BCUT2D eigenvalue weighted by Gasteiger charge is 2.22. The molecule has 0 bridgehead atoms. The van der Waals surface area contributed by atoms with E-state index in [0.29, 0.717) is 6.04 Å². The summed E-state index contributed by atoms with van der Waals surface area (Å²) in [7, 11) is 1.72. The maximum absolute atomic E-state index is 5.08. The monoisotopic (exact) mass is 348 g/mol. The van der Waals surface area contributed by atoms with E-state index in [1.165, 1.54) is 29.5 Å². The fraction of sp³-hybridized carbons (Fsp3) is 0.333. The Balaban J connectivity index is 1.59. The summed E-state index contributed by atoms with van der Waals surface area (Å²) in [4.78, 5) is 8.86. The van der Waals surface area contributed by atoms with Gasteiger partial charge >= 0.3 is 0 Å². The third-order valence-corrected chi connectivity index (χ3v) is 4.63. The fourth-order valence-electron chi connectivity index (χ4n) is 3.04. The summed E-state index contributed by atoms with van der Waals surface area (Å²) in [6.07, 6.45) is 4.09. The summed E-state index contributed by atoms with van der Waals surface area (Å²) < 4.78 is 5.08. The second-order valence-electron chi connectivity index (χ2n) is 6.74. The van der Waals surface area contributed by atoms with Crippen molar-refractivity contribution >= 4 is 16.7 Å². The van der Waals surface area contributed by atoms with Crippen LogP contribution in [0.4, 0.5) is 5.82 Å². The van der Waals surface area contributed by atoms with Crippen molar-refractivity contribution in [1.29, 1.82) is 0 Å². The Labute approximate surface area is 153 Å². The highest BCUT2D eigenvalue weighted by molar-refractivity contribution is 5.92. The van der Waals surface area contributed by atoms with Gasteiger partial charge in [-0.15, -0.1) is 0 Å². The quantitative estimate of drug-likeness (QED) is 0.609. The van der Waals surface area contributed by atoms with Crippen molar-refractivity contribution in [1.82, 2.24) is 15.3 Å². The van der Waals surface area contributed by atoms with E-state index in [4.69, 9.17) is 4.74 Å². The van der Waals surface area contributed by atoms with Crippen molar-refractivity contribution in [3.05, 3.63) is 54.4 Å². The average Bonchev–Trinajstić information content (AvgIpc) is 3.50. The van der Waals surface area contributed by atoms with Crippen LogP contribution < -0.4 is 10.6 Å². The van der Waals surface area contributed by atoms with Crippen LogP contribution in [0.25, 0.3) is 22.0 Å². The van der Waals surface area contributed by atoms with E-state index in [1.807, 2.05) is 0 Å². The van der Waals surface area contributed by atoms with Gasteiger partial charge in [0.1, 0.15) is 12.1 Å². The van der Waals surface area contributed by atoms with Gasteiger partial charge in [-0.25, -0.2) is 9.97 Å². The van der Waals surface area contributed by atoms with Gasteiger partial charge in [0.15, 0.2) is 0 Å². The van der Waals surface area contributed by atoms with Crippen molar-refractivity contribution in [3.8, 4) is 11.1 Å². The summed E-state index contributed by atoms with van der Waals surface area (Å²) >= 11 is 0. The average molecular weight is 348 g/mol. The number of fused-ring (bicyclic) bond motifs is 1. The zero-order valence-corrected chi connectivity index (χ0v) is 15.0. The van der Waals surface area contributed by atoms with Crippen LogP contribution >= 0.6 is 0 Å². The molecule has 1 saturated carbocycles. The molecule has 0 spiro atoms. The molecule has 1 aliphatic carbocycles.